The van der Waals surface area contributed by atoms with Crippen LogP contribution in [0.4, 0.5) is 0 Å². The molecule has 1 aromatic carbocycles. The van der Waals surface area contributed by atoms with Crippen LogP contribution in [0.3, 0.4) is 0 Å². The third-order valence-corrected chi connectivity index (χ3v) is 5.29. The maximum absolute atomic E-state index is 12.3. The summed E-state index contributed by atoms with van der Waals surface area (Å²) in [7, 11) is -2.17. The quantitative estimate of drug-likeness (QED) is 0.910. The highest BCUT2D eigenvalue weighted by atomic mass is 35.5. The van der Waals surface area contributed by atoms with Gasteiger partial charge in [0.25, 0.3) is 0 Å². The van der Waals surface area contributed by atoms with Crippen molar-refractivity contribution in [2.45, 2.75) is 24.8 Å². The van der Waals surface area contributed by atoms with Gasteiger partial charge in [-0.25, -0.2) is 8.42 Å². The van der Waals surface area contributed by atoms with E-state index in [2.05, 4.69) is 0 Å². The summed E-state index contributed by atoms with van der Waals surface area (Å²) >= 11 is 5.91. The number of rotatable bonds is 4. The lowest BCUT2D eigenvalue weighted by atomic mass is 10.2. The van der Waals surface area contributed by atoms with E-state index in [1.54, 1.807) is 26.0 Å². The van der Waals surface area contributed by atoms with Crippen molar-refractivity contribution in [2.24, 2.45) is 0 Å². The third kappa shape index (κ3) is 2.80. The Morgan fingerprint density at radius 2 is 2.06 bits per heavy atom. The maximum atomic E-state index is 12.3. The van der Waals surface area contributed by atoms with E-state index in [1.807, 2.05) is 0 Å². The van der Waals surface area contributed by atoms with Crippen LogP contribution in [-0.2, 0) is 10.0 Å². The largest absolute Gasteiger partial charge is 0.395 e. The molecule has 0 aromatic heterocycles. The van der Waals surface area contributed by atoms with Crippen molar-refractivity contribution in [3.8, 4) is 0 Å². The molecule has 96 valence electrons. The molecule has 6 heteroatoms. The van der Waals surface area contributed by atoms with E-state index >= 15 is 0 Å². The van der Waals surface area contributed by atoms with Gasteiger partial charge in [0, 0.05) is 18.1 Å². The molecule has 1 atom stereocenters. The minimum Gasteiger partial charge on any atom is -0.395 e. The second-order valence-electron chi connectivity index (χ2n) is 3.92. The van der Waals surface area contributed by atoms with Crippen molar-refractivity contribution in [3.05, 3.63) is 28.8 Å². The van der Waals surface area contributed by atoms with Crippen molar-refractivity contribution in [1.82, 2.24) is 4.31 Å². The Morgan fingerprint density at radius 1 is 1.47 bits per heavy atom. The molecule has 0 saturated heterocycles. The normalized spacial score (nSPS) is 14.0. The van der Waals surface area contributed by atoms with Gasteiger partial charge in [0.1, 0.15) is 0 Å². The van der Waals surface area contributed by atoms with Gasteiger partial charge in [-0.1, -0.05) is 17.7 Å². The predicted octanol–water partition coefficient (Wildman–Crippen LogP) is 1.65. The first-order valence-corrected chi connectivity index (χ1v) is 6.98. The second kappa shape index (κ2) is 5.35. The van der Waals surface area contributed by atoms with Crippen molar-refractivity contribution >= 4 is 21.6 Å². The second-order valence-corrected chi connectivity index (χ2v) is 6.29. The van der Waals surface area contributed by atoms with E-state index in [9.17, 15) is 8.42 Å². The lowest BCUT2D eigenvalue weighted by Crippen LogP contribution is -2.37. The number of sulfonamides is 1. The number of aliphatic hydroxyl groups is 1. The minimum atomic E-state index is -3.61. The predicted molar refractivity (Wildman–Crippen MR) is 67.7 cm³/mol. The molecule has 4 nitrogen and oxygen atoms in total. The van der Waals surface area contributed by atoms with Gasteiger partial charge in [0.15, 0.2) is 0 Å². The van der Waals surface area contributed by atoms with Crippen LogP contribution in [0.5, 0.6) is 0 Å². The number of aliphatic hydroxyl groups excluding tert-OH is 1. The van der Waals surface area contributed by atoms with Crippen LogP contribution in [0.1, 0.15) is 12.5 Å². The van der Waals surface area contributed by atoms with Crippen molar-refractivity contribution in [3.63, 3.8) is 0 Å². The maximum Gasteiger partial charge on any atom is 0.243 e. The average molecular weight is 278 g/mol. The van der Waals surface area contributed by atoms with Gasteiger partial charge in [-0.3, -0.25) is 0 Å². The van der Waals surface area contributed by atoms with Crippen LogP contribution < -0.4 is 0 Å². The molecule has 0 aliphatic rings. The zero-order valence-corrected chi connectivity index (χ0v) is 11.6. The first-order valence-electron chi connectivity index (χ1n) is 5.16. The van der Waals surface area contributed by atoms with Crippen LogP contribution in [0.2, 0.25) is 5.02 Å². The van der Waals surface area contributed by atoms with Crippen LogP contribution in [0.25, 0.3) is 0 Å². The average Bonchev–Trinajstić information content (AvgIpc) is 2.30. The summed E-state index contributed by atoms with van der Waals surface area (Å²) in [6.07, 6.45) is 0. The number of nitrogens with zero attached hydrogens (tertiary/aromatic N) is 1. The highest BCUT2D eigenvalue weighted by Crippen LogP contribution is 2.25. The lowest BCUT2D eigenvalue weighted by molar-refractivity contribution is 0.214. The zero-order chi connectivity index (χ0) is 13.2. The van der Waals surface area contributed by atoms with E-state index < -0.39 is 16.1 Å². The summed E-state index contributed by atoms with van der Waals surface area (Å²) in [5.41, 5.74) is 0.520. The molecule has 0 bridgehead atoms. The van der Waals surface area contributed by atoms with Gasteiger partial charge in [0.2, 0.25) is 10.0 Å². The summed E-state index contributed by atoms with van der Waals surface area (Å²) < 4.78 is 25.7. The summed E-state index contributed by atoms with van der Waals surface area (Å²) in [5, 5.41) is 9.42. The molecular weight excluding hydrogens is 262 g/mol. The third-order valence-electron chi connectivity index (χ3n) is 2.76. The van der Waals surface area contributed by atoms with Crippen molar-refractivity contribution in [2.75, 3.05) is 13.7 Å². The summed E-state index contributed by atoms with van der Waals surface area (Å²) in [4.78, 5) is 0.174. The Kier molecular flexibility index (Phi) is 4.55. The van der Waals surface area contributed by atoms with E-state index in [1.165, 1.54) is 13.1 Å². The van der Waals surface area contributed by atoms with Crippen LogP contribution >= 0.6 is 11.6 Å². The zero-order valence-electron chi connectivity index (χ0n) is 10.0. The molecule has 1 unspecified atom stereocenters. The topological polar surface area (TPSA) is 57.6 Å². The Balaban J connectivity index is 3.27. The first-order chi connectivity index (χ1) is 7.82. The number of halogens is 1. The molecule has 0 aliphatic heterocycles. The monoisotopic (exact) mass is 277 g/mol. The molecule has 0 heterocycles. The number of likely N-dealkylation sites (N-methyl/N-ethyl adjacent to an activating group) is 1. The molecule has 0 saturated carbocycles. The number of hydrogen-bond donors (Lipinski definition) is 1. The van der Waals surface area contributed by atoms with Gasteiger partial charge in [-0.15, -0.1) is 0 Å². The van der Waals surface area contributed by atoms with E-state index in [0.29, 0.717) is 10.6 Å². The minimum absolute atomic E-state index is 0.174. The standard InChI is InChI=1S/C11H16ClNO3S/c1-8(7-14)13(3)17(15,16)11-6-4-5-10(12)9(11)2/h4-6,8,14H,7H2,1-3H3. The number of hydrogen-bond acceptors (Lipinski definition) is 3. The van der Waals surface area contributed by atoms with Crippen LogP contribution in [0.15, 0.2) is 23.1 Å². The highest BCUT2D eigenvalue weighted by Gasteiger charge is 2.26. The van der Waals surface area contributed by atoms with E-state index in [4.69, 9.17) is 16.7 Å². The molecule has 0 amide bonds. The fourth-order valence-corrected chi connectivity index (χ4v) is 3.20. The smallest absolute Gasteiger partial charge is 0.243 e. The van der Waals surface area contributed by atoms with Crippen LogP contribution in [0, 0.1) is 6.92 Å². The van der Waals surface area contributed by atoms with Gasteiger partial charge in [0.05, 0.1) is 11.5 Å². The fraction of sp³-hybridized carbons (Fsp3) is 0.455. The summed E-state index contributed by atoms with van der Waals surface area (Å²) in [6.45, 7) is 3.07. The Labute approximate surface area is 107 Å². The molecule has 17 heavy (non-hydrogen) atoms. The molecular formula is C11H16ClNO3S. The Hall–Kier alpha value is -0.620. The molecule has 0 fully saturated rings. The highest BCUT2D eigenvalue weighted by molar-refractivity contribution is 7.89. The van der Waals surface area contributed by atoms with Crippen molar-refractivity contribution in [1.29, 1.82) is 0 Å². The van der Waals surface area contributed by atoms with Crippen molar-refractivity contribution < 1.29 is 13.5 Å². The SMILES string of the molecule is Cc1c(Cl)cccc1S(=O)(=O)N(C)C(C)CO. The van der Waals surface area contributed by atoms with Crippen LogP contribution in [-0.4, -0.2) is 37.5 Å². The van der Waals surface area contributed by atoms with E-state index in [0.717, 1.165) is 4.31 Å². The van der Waals surface area contributed by atoms with E-state index in [-0.39, 0.29) is 11.5 Å². The summed E-state index contributed by atoms with van der Waals surface area (Å²) in [5.74, 6) is 0. The number of benzene rings is 1. The van der Waals surface area contributed by atoms with Gasteiger partial charge < -0.3 is 5.11 Å². The Morgan fingerprint density at radius 3 is 2.59 bits per heavy atom. The first kappa shape index (κ1) is 14.4. The van der Waals surface area contributed by atoms with Gasteiger partial charge >= 0.3 is 0 Å². The molecule has 0 aliphatic carbocycles. The molecule has 1 N–H and O–H groups in total. The van der Waals surface area contributed by atoms with Gasteiger partial charge in [-0.05, 0) is 31.5 Å². The van der Waals surface area contributed by atoms with Gasteiger partial charge in [-0.2, -0.15) is 4.31 Å². The lowest BCUT2D eigenvalue weighted by Gasteiger charge is -2.23. The summed E-state index contributed by atoms with van der Waals surface area (Å²) in [6, 6.07) is 4.28. The molecule has 0 radical (unpaired) electrons. The Bertz CT molecular complexity index is 501. The molecule has 0 spiro atoms. The molecule has 1 aromatic rings. The fourth-order valence-electron chi connectivity index (χ4n) is 1.37. The molecule has 1 rings (SSSR count).